The lowest BCUT2D eigenvalue weighted by atomic mass is 10.1. The summed E-state index contributed by atoms with van der Waals surface area (Å²) in [6.07, 6.45) is 11.5. The van der Waals surface area contributed by atoms with Gasteiger partial charge in [0.2, 0.25) is 0 Å². The molecule has 0 saturated heterocycles. The molecule has 26 heavy (non-hydrogen) atoms. The molecule has 0 spiro atoms. The average Bonchev–Trinajstić information content (AvgIpc) is 2.60. The van der Waals surface area contributed by atoms with Crippen LogP contribution in [0.3, 0.4) is 0 Å². The standard InChI is InChI=1S/C12H24O2.C8H6O4/c1-2-3-4-5-6-7-8-9-10-11-12(13)14;9-7(10)5-3-1-2-4-6(5)8(11)12/h2-11H2,1H3,(H,13,14);1-4H,(H,9,10)(H,11,12). The van der Waals surface area contributed by atoms with E-state index in [4.69, 9.17) is 15.3 Å². The topological polar surface area (TPSA) is 112 Å². The smallest absolute Gasteiger partial charge is 0.336 e. The number of hydrogen-bond acceptors (Lipinski definition) is 3. The van der Waals surface area contributed by atoms with Gasteiger partial charge >= 0.3 is 17.9 Å². The minimum absolute atomic E-state index is 0.190. The second-order valence-electron chi connectivity index (χ2n) is 6.13. The molecule has 0 aliphatic rings. The van der Waals surface area contributed by atoms with Crippen molar-refractivity contribution in [2.75, 3.05) is 0 Å². The van der Waals surface area contributed by atoms with Crippen LogP contribution in [0.2, 0.25) is 0 Å². The van der Waals surface area contributed by atoms with Gasteiger partial charge in [-0.2, -0.15) is 0 Å². The number of aromatic carboxylic acids is 2. The number of hydrogen-bond donors (Lipinski definition) is 3. The maximum absolute atomic E-state index is 10.5. The van der Waals surface area contributed by atoms with Gasteiger partial charge in [0.1, 0.15) is 0 Å². The molecule has 1 aromatic rings. The molecule has 0 aromatic heterocycles. The predicted octanol–water partition coefficient (Wildman–Crippen LogP) is 5.07. The van der Waals surface area contributed by atoms with Crippen molar-refractivity contribution in [2.24, 2.45) is 0 Å². The van der Waals surface area contributed by atoms with Crippen molar-refractivity contribution in [3.8, 4) is 0 Å². The van der Waals surface area contributed by atoms with Crippen LogP contribution in [0.15, 0.2) is 24.3 Å². The molecule has 0 radical (unpaired) electrons. The van der Waals surface area contributed by atoms with Gasteiger partial charge in [0, 0.05) is 6.42 Å². The molecule has 0 aliphatic carbocycles. The van der Waals surface area contributed by atoms with Crippen molar-refractivity contribution >= 4 is 17.9 Å². The Balaban J connectivity index is 0.000000485. The fourth-order valence-corrected chi connectivity index (χ4v) is 2.44. The molecule has 0 bridgehead atoms. The number of benzene rings is 1. The van der Waals surface area contributed by atoms with Crippen molar-refractivity contribution in [3.63, 3.8) is 0 Å². The lowest BCUT2D eigenvalue weighted by Crippen LogP contribution is -2.06. The highest BCUT2D eigenvalue weighted by Gasteiger charge is 2.13. The minimum Gasteiger partial charge on any atom is -0.481 e. The van der Waals surface area contributed by atoms with Crippen LogP contribution >= 0.6 is 0 Å². The molecule has 0 unspecified atom stereocenters. The van der Waals surface area contributed by atoms with Crippen LogP contribution < -0.4 is 0 Å². The van der Waals surface area contributed by atoms with Gasteiger partial charge in [-0.1, -0.05) is 70.4 Å². The van der Waals surface area contributed by atoms with E-state index >= 15 is 0 Å². The van der Waals surface area contributed by atoms with Crippen LogP contribution in [-0.4, -0.2) is 33.2 Å². The van der Waals surface area contributed by atoms with Gasteiger partial charge in [0.25, 0.3) is 0 Å². The Morgan fingerprint density at radius 1 is 0.692 bits per heavy atom. The molecule has 1 rings (SSSR count). The van der Waals surface area contributed by atoms with E-state index < -0.39 is 17.9 Å². The van der Waals surface area contributed by atoms with Crippen LogP contribution in [-0.2, 0) is 4.79 Å². The van der Waals surface area contributed by atoms with Crippen LogP contribution in [0.1, 0.15) is 91.8 Å². The summed E-state index contributed by atoms with van der Waals surface area (Å²) in [5, 5.41) is 25.5. The number of aliphatic carboxylic acids is 1. The van der Waals surface area contributed by atoms with Crippen LogP contribution in [0.4, 0.5) is 0 Å². The fraction of sp³-hybridized carbons (Fsp3) is 0.550. The summed E-state index contributed by atoms with van der Waals surface area (Å²) in [6, 6.07) is 5.48. The predicted molar refractivity (Wildman–Crippen MR) is 99.8 cm³/mol. The number of carboxylic acid groups (broad SMARTS) is 3. The summed E-state index contributed by atoms with van der Waals surface area (Å²) in [5.74, 6) is -3.12. The fourth-order valence-electron chi connectivity index (χ4n) is 2.44. The third kappa shape index (κ3) is 12.1. The van der Waals surface area contributed by atoms with Gasteiger partial charge in [-0.15, -0.1) is 0 Å². The maximum atomic E-state index is 10.5. The van der Waals surface area contributed by atoms with Crippen molar-refractivity contribution in [1.82, 2.24) is 0 Å². The highest BCUT2D eigenvalue weighted by molar-refractivity contribution is 6.01. The van der Waals surface area contributed by atoms with E-state index in [1.807, 2.05) is 0 Å². The first-order valence-electron chi connectivity index (χ1n) is 9.17. The van der Waals surface area contributed by atoms with E-state index in [-0.39, 0.29) is 11.1 Å². The van der Waals surface area contributed by atoms with Gasteiger partial charge in [0.15, 0.2) is 0 Å². The summed E-state index contributed by atoms with van der Waals surface area (Å²) >= 11 is 0. The van der Waals surface area contributed by atoms with E-state index in [1.165, 1.54) is 69.2 Å². The van der Waals surface area contributed by atoms with E-state index in [0.29, 0.717) is 6.42 Å². The largest absolute Gasteiger partial charge is 0.481 e. The second-order valence-corrected chi connectivity index (χ2v) is 6.13. The van der Waals surface area contributed by atoms with E-state index in [9.17, 15) is 14.4 Å². The van der Waals surface area contributed by atoms with Gasteiger partial charge < -0.3 is 15.3 Å². The Bertz CT molecular complexity index is 520. The molecule has 0 saturated carbocycles. The number of carbonyl (C=O) groups is 3. The Morgan fingerprint density at radius 3 is 1.42 bits per heavy atom. The van der Waals surface area contributed by atoms with Crippen molar-refractivity contribution in [3.05, 3.63) is 35.4 Å². The highest BCUT2D eigenvalue weighted by Crippen LogP contribution is 2.10. The molecule has 0 amide bonds. The summed E-state index contributed by atoms with van der Waals surface area (Å²) in [5.41, 5.74) is -0.380. The summed E-state index contributed by atoms with van der Waals surface area (Å²) < 4.78 is 0. The third-order valence-corrected chi connectivity index (χ3v) is 3.88. The van der Waals surface area contributed by atoms with Gasteiger partial charge in [-0.25, -0.2) is 9.59 Å². The van der Waals surface area contributed by atoms with E-state index in [2.05, 4.69) is 6.92 Å². The first kappa shape index (κ1) is 23.6. The van der Waals surface area contributed by atoms with Gasteiger partial charge in [0.05, 0.1) is 11.1 Å². The van der Waals surface area contributed by atoms with Crippen LogP contribution in [0.25, 0.3) is 0 Å². The molecule has 3 N–H and O–H groups in total. The molecular formula is C20H30O6. The maximum Gasteiger partial charge on any atom is 0.336 e. The highest BCUT2D eigenvalue weighted by atomic mass is 16.4. The minimum atomic E-state index is -1.23. The summed E-state index contributed by atoms with van der Waals surface area (Å²) in [7, 11) is 0. The lowest BCUT2D eigenvalue weighted by Gasteiger charge is -2.00. The summed E-state index contributed by atoms with van der Waals surface area (Å²) in [6.45, 7) is 2.23. The first-order valence-corrected chi connectivity index (χ1v) is 9.17. The number of unbranched alkanes of at least 4 members (excludes halogenated alkanes) is 8. The molecule has 0 heterocycles. The SMILES string of the molecule is CCCCCCCCCCCC(=O)O.O=C(O)c1ccccc1C(=O)O. The molecule has 1 aromatic carbocycles. The average molecular weight is 366 g/mol. The Kier molecular flexibility index (Phi) is 13.6. The van der Waals surface area contributed by atoms with E-state index in [0.717, 1.165) is 12.8 Å². The quantitative estimate of drug-likeness (QED) is 0.445. The molecule has 6 heteroatoms. The molecule has 0 fully saturated rings. The lowest BCUT2D eigenvalue weighted by molar-refractivity contribution is -0.137. The zero-order chi connectivity index (χ0) is 19.8. The zero-order valence-corrected chi connectivity index (χ0v) is 15.4. The molecular weight excluding hydrogens is 336 g/mol. The molecule has 146 valence electrons. The second kappa shape index (κ2) is 14.9. The van der Waals surface area contributed by atoms with E-state index in [1.54, 1.807) is 0 Å². The van der Waals surface area contributed by atoms with Gasteiger partial charge in [-0.05, 0) is 18.6 Å². The van der Waals surface area contributed by atoms with Gasteiger partial charge in [-0.3, -0.25) is 4.79 Å². The van der Waals surface area contributed by atoms with Crippen LogP contribution in [0, 0.1) is 0 Å². The van der Waals surface area contributed by atoms with Crippen molar-refractivity contribution < 1.29 is 29.7 Å². The zero-order valence-electron chi connectivity index (χ0n) is 15.4. The monoisotopic (exact) mass is 366 g/mol. The normalized spacial score (nSPS) is 9.88. The first-order chi connectivity index (χ1) is 12.4. The van der Waals surface area contributed by atoms with Crippen LogP contribution in [0.5, 0.6) is 0 Å². The molecule has 6 nitrogen and oxygen atoms in total. The Labute approximate surface area is 154 Å². The Hall–Kier alpha value is -2.37. The molecule has 0 atom stereocenters. The number of rotatable bonds is 12. The van der Waals surface area contributed by atoms with Crippen molar-refractivity contribution in [2.45, 2.75) is 71.1 Å². The molecule has 0 aliphatic heterocycles. The van der Waals surface area contributed by atoms with Crippen molar-refractivity contribution in [1.29, 1.82) is 0 Å². The third-order valence-electron chi connectivity index (χ3n) is 3.88. The summed E-state index contributed by atoms with van der Waals surface area (Å²) in [4.78, 5) is 31.1. The number of carboxylic acids is 3. The Morgan fingerprint density at radius 2 is 1.08 bits per heavy atom.